The molecule has 1 aromatic heterocycles. The van der Waals surface area contributed by atoms with Crippen LogP contribution in [0.25, 0.3) is 5.57 Å². The maximum atomic E-state index is 5.92. The van der Waals surface area contributed by atoms with E-state index in [1.165, 1.54) is 0 Å². The van der Waals surface area contributed by atoms with Crippen molar-refractivity contribution in [2.75, 3.05) is 11.9 Å². The summed E-state index contributed by atoms with van der Waals surface area (Å²) in [5, 5.41) is 3.15. The fraction of sp³-hybridized carbons (Fsp3) is 0.278. The molecule has 0 saturated carbocycles. The van der Waals surface area contributed by atoms with Crippen LogP contribution in [0.1, 0.15) is 32.4 Å². The van der Waals surface area contributed by atoms with Gasteiger partial charge in [-0.3, -0.25) is 4.99 Å². The molecule has 0 bridgehead atoms. The molecule has 1 rings (SSSR count). The number of allylic oxidation sites excluding steroid dienone is 5. The van der Waals surface area contributed by atoms with Crippen molar-refractivity contribution >= 4 is 18.2 Å². The van der Waals surface area contributed by atoms with Crippen LogP contribution >= 0.6 is 0 Å². The smallest absolute Gasteiger partial charge is 0.223 e. The minimum Gasteiger partial charge on any atom is -0.402 e. The Balaban J connectivity index is 2.62. The largest absolute Gasteiger partial charge is 0.402 e. The fourth-order valence-electron chi connectivity index (χ4n) is 1.74. The van der Waals surface area contributed by atoms with Crippen LogP contribution in [0.5, 0.6) is 0 Å². The molecule has 3 N–H and O–H groups in total. The second-order valence-electron chi connectivity index (χ2n) is 4.88. The van der Waals surface area contributed by atoms with Crippen molar-refractivity contribution in [2.45, 2.75) is 26.7 Å². The molecule has 0 unspecified atom stereocenters. The molecule has 0 saturated heterocycles. The molecule has 1 aromatic rings. The Morgan fingerprint density at radius 2 is 2.26 bits per heavy atom. The predicted molar refractivity (Wildman–Crippen MR) is 99.2 cm³/mol. The van der Waals surface area contributed by atoms with Gasteiger partial charge in [-0.2, -0.15) is 0 Å². The van der Waals surface area contributed by atoms with Gasteiger partial charge in [0.2, 0.25) is 5.95 Å². The molecule has 0 aliphatic heterocycles. The number of hydrogen-bond donors (Lipinski definition) is 2. The molecule has 0 radical (unpaired) electrons. The van der Waals surface area contributed by atoms with Crippen molar-refractivity contribution in [2.24, 2.45) is 10.7 Å². The molecule has 5 nitrogen and oxygen atoms in total. The summed E-state index contributed by atoms with van der Waals surface area (Å²) in [5.41, 5.74) is 8.64. The lowest BCUT2D eigenvalue weighted by Gasteiger charge is -2.05. The number of nitrogens with two attached hydrogens (primary N) is 1. The summed E-state index contributed by atoms with van der Waals surface area (Å²) < 4.78 is 0. The van der Waals surface area contributed by atoms with E-state index >= 15 is 0 Å². The summed E-state index contributed by atoms with van der Waals surface area (Å²) in [6.07, 6.45) is 15.0. The van der Waals surface area contributed by atoms with Gasteiger partial charge < -0.3 is 11.1 Å². The third kappa shape index (κ3) is 7.76. The monoisotopic (exact) mass is 311 g/mol. The van der Waals surface area contributed by atoms with Gasteiger partial charge in [0.25, 0.3) is 0 Å². The SMILES string of the molecule is C=N/C=C\C=C(/C)c1ccnc(NC/C=C(/N)C/C=C\CC)n1. The molecule has 23 heavy (non-hydrogen) atoms. The first-order chi connectivity index (χ1) is 11.2. The van der Waals surface area contributed by atoms with Gasteiger partial charge >= 0.3 is 0 Å². The Labute approximate surface area is 138 Å². The molecular formula is C18H25N5. The molecule has 0 atom stereocenters. The summed E-state index contributed by atoms with van der Waals surface area (Å²) in [5.74, 6) is 0.578. The van der Waals surface area contributed by atoms with Gasteiger partial charge in [-0.15, -0.1) is 0 Å². The third-order valence-corrected chi connectivity index (χ3v) is 2.98. The topological polar surface area (TPSA) is 76.2 Å². The number of anilines is 1. The highest BCUT2D eigenvalue weighted by atomic mass is 15.1. The van der Waals surface area contributed by atoms with E-state index in [1.54, 1.807) is 12.4 Å². The minimum absolute atomic E-state index is 0.578. The van der Waals surface area contributed by atoms with Crippen LogP contribution < -0.4 is 11.1 Å². The van der Waals surface area contributed by atoms with Gasteiger partial charge in [0.05, 0.1) is 5.69 Å². The maximum absolute atomic E-state index is 5.92. The molecule has 1 heterocycles. The van der Waals surface area contributed by atoms with Crippen molar-refractivity contribution in [3.8, 4) is 0 Å². The molecule has 0 aliphatic rings. The van der Waals surface area contributed by atoms with Crippen molar-refractivity contribution in [3.05, 3.63) is 60.2 Å². The van der Waals surface area contributed by atoms with Crippen LogP contribution in [0.2, 0.25) is 0 Å². The van der Waals surface area contributed by atoms with Crippen LogP contribution in [-0.4, -0.2) is 23.2 Å². The van der Waals surface area contributed by atoms with E-state index in [0.29, 0.717) is 12.5 Å². The molecule has 0 amide bonds. The first-order valence-corrected chi connectivity index (χ1v) is 7.63. The fourth-order valence-corrected chi connectivity index (χ4v) is 1.74. The zero-order valence-electron chi connectivity index (χ0n) is 13.9. The number of nitrogens with one attached hydrogen (secondary N) is 1. The summed E-state index contributed by atoms with van der Waals surface area (Å²) in [6.45, 7) is 8.07. The van der Waals surface area contributed by atoms with Crippen LogP contribution in [-0.2, 0) is 0 Å². The van der Waals surface area contributed by atoms with Crippen LogP contribution in [0.15, 0.2) is 59.5 Å². The highest BCUT2D eigenvalue weighted by Gasteiger charge is 1.99. The van der Waals surface area contributed by atoms with Crippen molar-refractivity contribution in [3.63, 3.8) is 0 Å². The quantitative estimate of drug-likeness (QED) is 0.414. The third-order valence-electron chi connectivity index (χ3n) is 2.98. The van der Waals surface area contributed by atoms with Crippen LogP contribution in [0.4, 0.5) is 5.95 Å². The maximum Gasteiger partial charge on any atom is 0.223 e. The van der Waals surface area contributed by atoms with Gasteiger partial charge in [0.15, 0.2) is 0 Å². The molecule has 0 fully saturated rings. The second-order valence-corrected chi connectivity index (χ2v) is 4.88. The highest BCUT2D eigenvalue weighted by molar-refractivity contribution is 5.62. The zero-order chi connectivity index (χ0) is 16.9. The normalized spacial score (nSPS) is 13.0. The molecule has 0 aromatic carbocycles. The number of hydrogen-bond acceptors (Lipinski definition) is 5. The number of aliphatic imine (C=N–C) groups is 1. The lowest BCUT2D eigenvalue weighted by molar-refractivity contribution is 1.07. The number of aromatic nitrogens is 2. The van der Waals surface area contributed by atoms with E-state index in [9.17, 15) is 0 Å². The van der Waals surface area contributed by atoms with Gasteiger partial charge in [-0.25, -0.2) is 9.97 Å². The average molecular weight is 311 g/mol. The van der Waals surface area contributed by atoms with E-state index in [1.807, 2.05) is 31.2 Å². The highest BCUT2D eigenvalue weighted by Crippen LogP contribution is 2.12. The van der Waals surface area contributed by atoms with Crippen molar-refractivity contribution in [1.82, 2.24) is 9.97 Å². The lowest BCUT2D eigenvalue weighted by atomic mass is 10.2. The van der Waals surface area contributed by atoms with Crippen LogP contribution in [0, 0.1) is 0 Å². The van der Waals surface area contributed by atoms with E-state index < -0.39 is 0 Å². The lowest BCUT2D eigenvalue weighted by Crippen LogP contribution is -2.07. The first-order valence-electron chi connectivity index (χ1n) is 7.63. The summed E-state index contributed by atoms with van der Waals surface area (Å²) in [7, 11) is 0. The van der Waals surface area contributed by atoms with Gasteiger partial charge in [-0.1, -0.05) is 25.2 Å². The Kier molecular flexibility index (Phi) is 8.74. The van der Waals surface area contributed by atoms with E-state index in [-0.39, 0.29) is 0 Å². The van der Waals surface area contributed by atoms with Gasteiger partial charge in [0, 0.05) is 31.1 Å². The van der Waals surface area contributed by atoms with E-state index in [4.69, 9.17) is 5.73 Å². The standard InChI is InChI=1S/C18H25N5/c1-4-5-6-9-16(19)10-13-21-18-22-14-11-17(23-18)15(2)8-7-12-20-3/h5-8,10-12,14H,3-4,9,13,19H2,1-2H3,(H,21,22,23)/b6-5-,12-7-,15-8+,16-10+. The minimum atomic E-state index is 0.578. The predicted octanol–water partition coefficient (Wildman–Crippen LogP) is 3.71. The summed E-state index contributed by atoms with van der Waals surface area (Å²) in [4.78, 5) is 12.3. The second kappa shape index (κ2) is 11.0. The zero-order valence-corrected chi connectivity index (χ0v) is 13.9. The van der Waals surface area contributed by atoms with Crippen LogP contribution in [0.3, 0.4) is 0 Å². The number of rotatable bonds is 9. The Morgan fingerprint density at radius 3 is 3.00 bits per heavy atom. The number of nitrogens with zero attached hydrogens (tertiary/aromatic N) is 3. The Hall–Kier alpha value is -2.69. The molecule has 5 heteroatoms. The molecule has 0 spiro atoms. The van der Waals surface area contributed by atoms with Gasteiger partial charge in [-0.05, 0) is 43.9 Å². The Bertz CT molecular complexity index is 612. The molecular weight excluding hydrogens is 286 g/mol. The summed E-state index contributed by atoms with van der Waals surface area (Å²) >= 11 is 0. The summed E-state index contributed by atoms with van der Waals surface area (Å²) in [6, 6.07) is 1.87. The van der Waals surface area contributed by atoms with Crippen molar-refractivity contribution < 1.29 is 0 Å². The molecule has 122 valence electrons. The van der Waals surface area contributed by atoms with E-state index in [2.05, 4.69) is 46.1 Å². The Morgan fingerprint density at radius 1 is 1.43 bits per heavy atom. The average Bonchev–Trinajstić information content (AvgIpc) is 2.55. The van der Waals surface area contributed by atoms with Crippen molar-refractivity contribution in [1.29, 1.82) is 0 Å². The molecule has 0 aliphatic carbocycles. The first kappa shape index (κ1) is 18.4. The van der Waals surface area contributed by atoms with Gasteiger partial charge in [0.1, 0.15) is 0 Å². The van der Waals surface area contributed by atoms with E-state index in [0.717, 1.165) is 29.8 Å².